The molecule has 60 valence electrons. The third kappa shape index (κ3) is 0.972. The summed E-state index contributed by atoms with van der Waals surface area (Å²) >= 11 is 0. The van der Waals surface area contributed by atoms with Crippen LogP contribution >= 0.6 is 0 Å². The molecule has 4 nitrogen and oxygen atoms in total. The molecule has 0 saturated carbocycles. The van der Waals surface area contributed by atoms with Crippen molar-refractivity contribution in [3.63, 3.8) is 0 Å². The van der Waals surface area contributed by atoms with E-state index >= 15 is 0 Å². The van der Waals surface area contributed by atoms with Gasteiger partial charge in [0.15, 0.2) is 5.84 Å². The summed E-state index contributed by atoms with van der Waals surface area (Å²) in [5.41, 5.74) is 1.08. The van der Waals surface area contributed by atoms with Gasteiger partial charge in [-0.15, -0.1) is 5.11 Å². The van der Waals surface area contributed by atoms with Gasteiger partial charge in [-0.05, 0) is 5.57 Å². The van der Waals surface area contributed by atoms with Crippen molar-refractivity contribution in [3.8, 4) is 0 Å². The minimum absolute atomic E-state index is 0.0949. The lowest BCUT2D eigenvalue weighted by Gasteiger charge is -2.16. The molecule has 1 aliphatic heterocycles. The molecule has 1 aliphatic carbocycles. The van der Waals surface area contributed by atoms with E-state index in [0.29, 0.717) is 5.84 Å². The van der Waals surface area contributed by atoms with Gasteiger partial charge in [-0.2, -0.15) is 10.2 Å². The summed E-state index contributed by atoms with van der Waals surface area (Å²) in [7, 11) is 0. The number of nitrogens with two attached hydrogens (primary N) is 1. The second-order valence-corrected chi connectivity index (χ2v) is 2.55. The highest BCUT2D eigenvalue weighted by atomic mass is 15.2. The van der Waals surface area contributed by atoms with Crippen LogP contribution in [-0.4, -0.2) is 5.84 Å². The van der Waals surface area contributed by atoms with Crippen LogP contribution in [0.4, 0.5) is 0 Å². The molecule has 0 radical (unpaired) electrons. The number of hydrogen-bond donors (Lipinski definition) is 1. The first-order valence-electron chi connectivity index (χ1n) is 3.65. The standard InChI is InChI=1S/C8H8N4/c9-11-8-7-4-2-1-3-6(7)5-10-12-8/h1-5,7H,9H2. The molecule has 0 spiro atoms. The number of rotatable bonds is 0. The molecule has 1 heterocycles. The van der Waals surface area contributed by atoms with Gasteiger partial charge in [-0.1, -0.05) is 24.3 Å². The molecular formula is C8H8N4. The van der Waals surface area contributed by atoms with Gasteiger partial charge in [0, 0.05) is 0 Å². The van der Waals surface area contributed by atoms with E-state index in [-0.39, 0.29) is 5.92 Å². The monoisotopic (exact) mass is 160 g/mol. The van der Waals surface area contributed by atoms with Crippen molar-refractivity contribution in [1.29, 1.82) is 0 Å². The zero-order valence-corrected chi connectivity index (χ0v) is 6.38. The van der Waals surface area contributed by atoms with Crippen LogP contribution in [0.2, 0.25) is 0 Å². The van der Waals surface area contributed by atoms with E-state index in [1.807, 2.05) is 24.3 Å². The molecule has 1 atom stereocenters. The zero-order valence-electron chi connectivity index (χ0n) is 6.38. The van der Waals surface area contributed by atoms with E-state index in [9.17, 15) is 0 Å². The van der Waals surface area contributed by atoms with Crippen LogP contribution in [-0.2, 0) is 0 Å². The summed E-state index contributed by atoms with van der Waals surface area (Å²) in [6, 6.07) is 0. The quantitative estimate of drug-likeness (QED) is 0.422. The maximum Gasteiger partial charge on any atom is 0.181 e. The molecule has 0 aromatic rings. The SMILES string of the molecule is NN=C1N=NC=C2C=CC=CC21. The minimum atomic E-state index is 0.0949. The molecule has 0 amide bonds. The van der Waals surface area contributed by atoms with E-state index in [1.165, 1.54) is 0 Å². The van der Waals surface area contributed by atoms with Crippen LogP contribution in [0.25, 0.3) is 0 Å². The van der Waals surface area contributed by atoms with Crippen molar-refractivity contribution in [2.45, 2.75) is 0 Å². The van der Waals surface area contributed by atoms with Gasteiger partial charge in [0.25, 0.3) is 0 Å². The Kier molecular flexibility index (Phi) is 1.59. The molecule has 2 aliphatic rings. The second-order valence-electron chi connectivity index (χ2n) is 2.55. The Balaban J connectivity index is 2.42. The number of nitrogens with zero attached hydrogens (tertiary/aromatic N) is 3. The van der Waals surface area contributed by atoms with Gasteiger partial charge >= 0.3 is 0 Å². The maximum absolute atomic E-state index is 5.16. The van der Waals surface area contributed by atoms with Crippen LogP contribution < -0.4 is 5.84 Å². The van der Waals surface area contributed by atoms with E-state index in [0.717, 1.165) is 5.57 Å². The first kappa shape index (κ1) is 6.97. The fraction of sp³-hybridized carbons (Fsp3) is 0.125. The summed E-state index contributed by atoms with van der Waals surface area (Å²) in [4.78, 5) is 0. The molecule has 2 N–H and O–H groups in total. The molecule has 0 aromatic carbocycles. The largest absolute Gasteiger partial charge is 0.321 e. The van der Waals surface area contributed by atoms with Crippen LogP contribution in [0.1, 0.15) is 0 Å². The Bertz CT molecular complexity index is 333. The van der Waals surface area contributed by atoms with Gasteiger partial charge in [-0.25, -0.2) is 0 Å². The molecule has 0 bridgehead atoms. The van der Waals surface area contributed by atoms with E-state index < -0.39 is 0 Å². The van der Waals surface area contributed by atoms with E-state index in [2.05, 4.69) is 15.3 Å². The zero-order chi connectivity index (χ0) is 8.39. The first-order chi connectivity index (χ1) is 5.92. The van der Waals surface area contributed by atoms with Gasteiger partial charge in [-0.3, -0.25) is 0 Å². The minimum Gasteiger partial charge on any atom is -0.321 e. The highest BCUT2D eigenvalue weighted by molar-refractivity contribution is 5.90. The second kappa shape index (κ2) is 2.73. The Labute approximate surface area is 69.9 Å². The van der Waals surface area contributed by atoms with Crippen molar-refractivity contribution in [3.05, 3.63) is 36.1 Å². The molecule has 0 fully saturated rings. The van der Waals surface area contributed by atoms with Crippen LogP contribution in [0.5, 0.6) is 0 Å². The Morgan fingerprint density at radius 3 is 3.17 bits per heavy atom. The van der Waals surface area contributed by atoms with Crippen LogP contribution in [0.3, 0.4) is 0 Å². The van der Waals surface area contributed by atoms with Gasteiger partial charge in [0.05, 0.1) is 12.1 Å². The molecule has 2 rings (SSSR count). The predicted molar refractivity (Wildman–Crippen MR) is 46.3 cm³/mol. The third-order valence-electron chi connectivity index (χ3n) is 1.84. The van der Waals surface area contributed by atoms with Crippen molar-refractivity contribution in [1.82, 2.24) is 0 Å². The summed E-state index contributed by atoms with van der Waals surface area (Å²) in [6.07, 6.45) is 9.61. The number of amidine groups is 1. The van der Waals surface area contributed by atoms with Crippen LogP contribution in [0, 0.1) is 5.92 Å². The average Bonchev–Trinajstić information content (AvgIpc) is 2.17. The molecule has 0 saturated heterocycles. The number of hydrazone groups is 1. The maximum atomic E-state index is 5.16. The Morgan fingerprint density at radius 2 is 2.33 bits per heavy atom. The normalized spacial score (nSPS) is 28.8. The topological polar surface area (TPSA) is 63.1 Å². The lowest BCUT2D eigenvalue weighted by atomic mass is 9.94. The van der Waals surface area contributed by atoms with Crippen molar-refractivity contribution in [2.75, 3.05) is 0 Å². The Hall–Kier alpha value is -1.71. The Morgan fingerprint density at radius 1 is 1.42 bits per heavy atom. The summed E-state index contributed by atoms with van der Waals surface area (Å²) in [5.74, 6) is 5.82. The van der Waals surface area contributed by atoms with Crippen molar-refractivity contribution in [2.24, 2.45) is 27.1 Å². The van der Waals surface area contributed by atoms with Crippen molar-refractivity contribution >= 4 is 5.84 Å². The number of hydrogen-bond acceptors (Lipinski definition) is 3. The molecule has 4 heteroatoms. The summed E-state index contributed by atoms with van der Waals surface area (Å²) in [5, 5.41) is 11.2. The fourth-order valence-corrected chi connectivity index (χ4v) is 1.24. The van der Waals surface area contributed by atoms with Crippen molar-refractivity contribution < 1.29 is 0 Å². The molecule has 0 aromatic heterocycles. The highest BCUT2D eigenvalue weighted by Crippen LogP contribution is 2.23. The summed E-state index contributed by atoms with van der Waals surface area (Å²) in [6.45, 7) is 0. The van der Waals surface area contributed by atoms with E-state index in [1.54, 1.807) is 6.20 Å². The van der Waals surface area contributed by atoms with Gasteiger partial charge in [0.1, 0.15) is 0 Å². The van der Waals surface area contributed by atoms with Crippen LogP contribution in [0.15, 0.2) is 51.4 Å². The number of fused-ring (bicyclic) bond motifs is 1. The smallest absolute Gasteiger partial charge is 0.181 e. The van der Waals surface area contributed by atoms with E-state index in [4.69, 9.17) is 5.84 Å². The summed E-state index contributed by atoms with van der Waals surface area (Å²) < 4.78 is 0. The van der Waals surface area contributed by atoms with Gasteiger partial charge < -0.3 is 5.84 Å². The predicted octanol–water partition coefficient (Wildman–Crippen LogP) is 1.35. The number of azo groups is 1. The third-order valence-corrected chi connectivity index (χ3v) is 1.84. The first-order valence-corrected chi connectivity index (χ1v) is 3.65. The average molecular weight is 160 g/mol. The molecule has 1 unspecified atom stereocenters. The highest BCUT2D eigenvalue weighted by Gasteiger charge is 2.20. The lowest BCUT2D eigenvalue weighted by molar-refractivity contribution is 0.945. The fourth-order valence-electron chi connectivity index (χ4n) is 1.24. The lowest BCUT2D eigenvalue weighted by Crippen LogP contribution is -2.16. The van der Waals surface area contributed by atoms with Gasteiger partial charge in [0.2, 0.25) is 0 Å². The number of allylic oxidation sites excluding steroid dienone is 3. The molecule has 12 heavy (non-hydrogen) atoms. The molecular weight excluding hydrogens is 152 g/mol.